The number of rotatable bonds is 4. The Labute approximate surface area is 116 Å². The number of nitrogens with zero attached hydrogens (tertiary/aromatic N) is 2. The van der Waals surface area contributed by atoms with Crippen LogP contribution in [0.2, 0.25) is 0 Å². The van der Waals surface area contributed by atoms with Crippen LogP contribution in [-0.4, -0.2) is 34.9 Å². The summed E-state index contributed by atoms with van der Waals surface area (Å²) in [7, 11) is 0. The van der Waals surface area contributed by atoms with E-state index in [-0.39, 0.29) is 12.4 Å². The Morgan fingerprint density at radius 2 is 2.30 bits per heavy atom. The molecule has 0 fully saturated rings. The summed E-state index contributed by atoms with van der Waals surface area (Å²) in [6, 6.07) is 6.42. The van der Waals surface area contributed by atoms with E-state index in [1.165, 1.54) is 12.1 Å². The predicted octanol–water partition coefficient (Wildman–Crippen LogP) is 2.22. The second-order valence-corrected chi connectivity index (χ2v) is 5.05. The second-order valence-electron chi connectivity index (χ2n) is 5.05. The molecule has 20 heavy (non-hydrogen) atoms. The molecule has 3 rings (SSSR count). The number of hydrogen-bond acceptors (Lipinski definition) is 4. The number of benzene rings is 1. The summed E-state index contributed by atoms with van der Waals surface area (Å²) in [5, 5.41) is 13.0. The van der Waals surface area contributed by atoms with E-state index in [2.05, 4.69) is 10.1 Å². The molecule has 0 amide bonds. The molecule has 2 heterocycles. The van der Waals surface area contributed by atoms with Crippen molar-refractivity contribution in [2.45, 2.75) is 19.4 Å². The molecule has 0 saturated carbocycles. The van der Waals surface area contributed by atoms with E-state index in [1.54, 1.807) is 6.07 Å². The van der Waals surface area contributed by atoms with Gasteiger partial charge in [-0.05, 0) is 18.6 Å². The standard InChI is InChI=1S/C15H17FN2O2/c16-12-4-1-3-11(9-12)15-13-10-18(6-2-8-19)7-5-14(13)20-17-15/h1,3-4,9,19H,2,5-8,10H2. The summed E-state index contributed by atoms with van der Waals surface area (Å²) in [5.74, 6) is 0.622. The molecule has 106 valence electrons. The van der Waals surface area contributed by atoms with E-state index in [4.69, 9.17) is 9.63 Å². The average Bonchev–Trinajstić information content (AvgIpc) is 2.88. The van der Waals surface area contributed by atoms with Crippen molar-refractivity contribution < 1.29 is 14.0 Å². The van der Waals surface area contributed by atoms with Crippen LogP contribution in [0, 0.1) is 5.82 Å². The zero-order chi connectivity index (χ0) is 13.9. The van der Waals surface area contributed by atoms with Gasteiger partial charge in [-0.2, -0.15) is 0 Å². The Bertz CT molecular complexity index is 597. The first-order valence-corrected chi connectivity index (χ1v) is 6.84. The molecule has 0 atom stereocenters. The van der Waals surface area contributed by atoms with Crippen LogP contribution in [-0.2, 0) is 13.0 Å². The Morgan fingerprint density at radius 1 is 1.40 bits per heavy atom. The van der Waals surface area contributed by atoms with Gasteiger partial charge in [0.05, 0.1) is 0 Å². The van der Waals surface area contributed by atoms with Gasteiger partial charge in [-0.3, -0.25) is 4.90 Å². The molecule has 5 heteroatoms. The van der Waals surface area contributed by atoms with Crippen LogP contribution >= 0.6 is 0 Å². The van der Waals surface area contributed by atoms with Crippen LogP contribution < -0.4 is 0 Å². The summed E-state index contributed by atoms with van der Waals surface area (Å²) < 4.78 is 18.7. The highest BCUT2D eigenvalue weighted by molar-refractivity contribution is 5.63. The van der Waals surface area contributed by atoms with Gasteiger partial charge in [0.1, 0.15) is 17.3 Å². The van der Waals surface area contributed by atoms with Crippen LogP contribution in [0.25, 0.3) is 11.3 Å². The van der Waals surface area contributed by atoms with Crippen molar-refractivity contribution in [2.24, 2.45) is 0 Å². The van der Waals surface area contributed by atoms with Crippen molar-refractivity contribution in [1.29, 1.82) is 0 Å². The third-order valence-electron chi connectivity index (χ3n) is 3.64. The molecule has 4 nitrogen and oxygen atoms in total. The largest absolute Gasteiger partial charge is 0.396 e. The minimum Gasteiger partial charge on any atom is -0.396 e. The molecule has 1 aromatic heterocycles. The van der Waals surface area contributed by atoms with E-state index in [0.29, 0.717) is 0 Å². The topological polar surface area (TPSA) is 49.5 Å². The minimum atomic E-state index is -0.271. The zero-order valence-corrected chi connectivity index (χ0v) is 11.2. The summed E-state index contributed by atoms with van der Waals surface area (Å²) in [4.78, 5) is 2.26. The van der Waals surface area contributed by atoms with Crippen molar-refractivity contribution in [3.8, 4) is 11.3 Å². The van der Waals surface area contributed by atoms with Crippen molar-refractivity contribution in [3.05, 3.63) is 41.4 Å². The number of aliphatic hydroxyl groups excluding tert-OH is 1. The van der Waals surface area contributed by atoms with Crippen molar-refractivity contribution in [3.63, 3.8) is 0 Å². The van der Waals surface area contributed by atoms with Crippen LogP contribution in [0.5, 0.6) is 0 Å². The molecular weight excluding hydrogens is 259 g/mol. The number of fused-ring (bicyclic) bond motifs is 1. The van der Waals surface area contributed by atoms with Crippen molar-refractivity contribution in [2.75, 3.05) is 19.7 Å². The van der Waals surface area contributed by atoms with Gasteiger partial charge in [0.2, 0.25) is 0 Å². The molecule has 1 aliphatic heterocycles. The van der Waals surface area contributed by atoms with Gasteiger partial charge in [0.15, 0.2) is 0 Å². The van der Waals surface area contributed by atoms with E-state index in [9.17, 15) is 4.39 Å². The van der Waals surface area contributed by atoms with E-state index in [1.807, 2.05) is 6.07 Å². The molecule has 1 aliphatic rings. The first-order chi connectivity index (χ1) is 9.78. The fourth-order valence-electron chi connectivity index (χ4n) is 2.61. The van der Waals surface area contributed by atoms with Gasteiger partial charge < -0.3 is 9.63 Å². The fourth-order valence-corrected chi connectivity index (χ4v) is 2.61. The molecule has 0 aliphatic carbocycles. The highest BCUT2D eigenvalue weighted by Gasteiger charge is 2.24. The Hall–Kier alpha value is -1.72. The third-order valence-corrected chi connectivity index (χ3v) is 3.64. The maximum atomic E-state index is 13.3. The first-order valence-electron chi connectivity index (χ1n) is 6.84. The number of aromatic nitrogens is 1. The molecule has 0 saturated heterocycles. The normalized spacial score (nSPS) is 15.3. The molecular formula is C15H17FN2O2. The molecule has 2 aromatic rings. The lowest BCUT2D eigenvalue weighted by atomic mass is 10.0. The third kappa shape index (κ3) is 2.59. The lowest BCUT2D eigenvalue weighted by molar-refractivity contribution is 0.204. The summed E-state index contributed by atoms with van der Waals surface area (Å²) >= 11 is 0. The Morgan fingerprint density at radius 3 is 3.10 bits per heavy atom. The lowest BCUT2D eigenvalue weighted by Crippen LogP contribution is -2.31. The van der Waals surface area contributed by atoms with Gasteiger partial charge in [0.25, 0.3) is 0 Å². The number of halogens is 1. The maximum absolute atomic E-state index is 13.3. The zero-order valence-electron chi connectivity index (χ0n) is 11.2. The molecule has 0 bridgehead atoms. The lowest BCUT2D eigenvalue weighted by Gasteiger charge is -2.25. The average molecular weight is 276 g/mol. The fraction of sp³-hybridized carbons (Fsp3) is 0.400. The molecule has 0 unspecified atom stereocenters. The van der Waals surface area contributed by atoms with E-state index < -0.39 is 0 Å². The monoisotopic (exact) mass is 276 g/mol. The summed E-state index contributed by atoms with van der Waals surface area (Å²) in [6.07, 6.45) is 1.57. The summed E-state index contributed by atoms with van der Waals surface area (Å²) in [5.41, 5.74) is 2.52. The quantitative estimate of drug-likeness (QED) is 0.930. The highest BCUT2D eigenvalue weighted by atomic mass is 19.1. The first kappa shape index (κ1) is 13.3. The van der Waals surface area contributed by atoms with Gasteiger partial charge in [-0.15, -0.1) is 0 Å². The Kier molecular flexibility index (Phi) is 3.80. The minimum absolute atomic E-state index is 0.198. The van der Waals surface area contributed by atoms with Crippen LogP contribution in [0.15, 0.2) is 28.8 Å². The molecule has 1 N–H and O–H groups in total. The molecule has 1 aromatic carbocycles. The SMILES string of the molecule is OCCCN1CCc2onc(-c3cccc(F)c3)c2C1. The van der Waals surface area contributed by atoms with Gasteiger partial charge in [-0.25, -0.2) is 4.39 Å². The number of aliphatic hydroxyl groups is 1. The van der Waals surface area contributed by atoms with Crippen LogP contribution in [0.1, 0.15) is 17.7 Å². The van der Waals surface area contributed by atoms with E-state index in [0.717, 1.165) is 55.1 Å². The summed E-state index contributed by atoms with van der Waals surface area (Å²) in [6.45, 7) is 2.70. The Balaban J connectivity index is 1.87. The second kappa shape index (κ2) is 5.73. The predicted molar refractivity (Wildman–Crippen MR) is 72.6 cm³/mol. The van der Waals surface area contributed by atoms with Crippen molar-refractivity contribution in [1.82, 2.24) is 10.1 Å². The van der Waals surface area contributed by atoms with Gasteiger partial charge in [0, 0.05) is 43.8 Å². The van der Waals surface area contributed by atoms with Crippen molar-refractivity contribution >= 4 is 0 Å². The highest BCUT2D eigenvalue weighted by Crippen LogP contribution is 2.30. The number of hydrogen-bond donors (Lipinski definition) is 1. The van der Waals surface area contributed by atoms with Crippen LogP contribution in [0.3, 0.4) is 0 Å². The molecule has 0 spiro atoms. The smallest absolute Gasteiger partial charge is 0.143 e. The van der Waals surface area contributed by atoms with Gasteiger partial charge in [-0.1, -0.05) is 17.3 Å². The van der Waals surface area contributed by atoms with Crippen LogP contribution in [0.4, 0.5) is 4.39 Å². The van der Waals surface area contributed by atoms with Gasteiger partial charge >= 0.3 is 0 Å². The maximum Gasteiger partial charge on any atom is 0.143 e. The van der Waals surface area contributed by atoms with E-state index >= 15 is 0 Å². The molecule has 0 radical (unpaired) electrons.